The van der Waals surface area contributed by atoms with Crippen LogP contribution >= 0.6 is 0 Å². The Morgan fingerprint density at radius 1 is 1.29 bits per heavy atom. The number of aromatic hydroxyl groups is 1. The topological polar surface area (TPSA) is 46.5 Å². The van der Waals surface area contributed by atoms with Gasteiger partial charge in [0.15, 0.2) is 17.3 Å². The fraction of sp³-hybridized carbons (Fsp3) is 0.389. The van der Waals surface area contributed by atoms with Crippen LogP contribution in [-0.2, 0) is 4.79 Å². The highest BCUT2D eigenvalue weighted by molar-refractivity contribution is 5.92. The predicted octanol–water partition coefficient (Wildman–Crippen LogP) is 4.12. The van der Waals surface area contributed by atoms with E-state index in [0.717, 1.165) is 17.6 Å². The molecule has 0 radical (unpaired) electrons. The van der Waals surface area contributed by atoms with Crippen molar-refractivity contribution in [2.45, 2.75) is 33.6 Å². The minimum absolute atomic E-state index is 0.0247. The molecule has 0 aromatic heterocycles. The molecule has 0 amide bonds. The maximum absolute atomic E-state index is 11.7. The molecule has 1 aromatic carbocycles. The van der Waals surface area contributed by atoms with Gasteiger partial charge in [0.25, 0.3) is 0 Å². The molecule has 1 aliphatic carbocycles. The Kier molecular flexibility index (Phi) is 4.51. The van der Waals surface area contributed by atoms with E-state index in [1.807, 2.05) is 25.1 Å². The number of benzene rings is 1. The summed E-state index contributed by atoms with van der Waals surface area (Å²) in [7, 11) is 0. The van der Waals surface area contributed by atoms with Gasteiger partial charge >= 0.3 is 0 Å². The van der Waals surface area contributed by atoms with Crippen molar-refractivity contribution >= 4 is 11.9 Å². The largest absolute Gasteiger partial charge is 0.504 e. The van der Waals surface area contributed by atoms with E-state index >= 15 is 0 Å². The molecule has 3 nitrogen and oxygen atoms in total. The Hall–Kier alpha value is -2.03. The lowest BCUT2D eigenvalue weighted by Crippen LogP contribution is -2.21. The van der Waals surface area contributed by atoms with Gasteiger partial charge in [-0.1, -0.05) is 32.1 Å². The van der Waals surface area contributed by atoms with Gasteiger partial charge in [-0.3, -0.25) is 4.79 Å². The molecule has 112 valence electrons. The highest BCUT2D eigenvalue weighted by Crippen LogP contribution is 2.34. The predicted molar refractivity (Wildman–Crippen MR) is 84.4 cm³/mol. The standard InChI is InChI=1S/C18H22O3/c1-4-21-17-10-13(7-8-16(17)20)5-6-14-9-15(19)12-18(2,3)11-14/h5-10,20H,4,11-12H2,1-3H3/b6-5-. The number of hydrogen-bond acceptors (Lipinski definition) is 3. The molecule has 0 saturated carbocycles. The molecular weight excluding hydrogens is 264 g/mol. The summed E-state index contributed by atoms with van der Waals surface area (Å²) in [5.41, 5.74) is 2.01. The summed E-state index contributed by atoms with van der Waals surface area (Å²) in [5.74, 6) is 0.808. The number of ether oxygens (including phenoxy) is 1. The number of phenolic OH excluding ortho intramolecular Hbond substituents is 1. The molecular formula is C18H22O3. The maximum Gasteiger partial charge on any atom is 0.161 e. The lowest BCUT2D eigenvalue weighted by atomic mass is 9.77. The molecule has 0 heterocycles. The minimum atomic E-state index is 0.0247. The van der Waals surface area contributed by atoms with E-state index in [2.05, 4.69) is 13.8 Å². The molecule has 0 saturated heterocycles. The molecule has 0 bridgehead atoms. The van der Waals surface area contributed by atoms with Crippen molar-refractivity contribution in [2.24, 2.45) is 5.41 Å². The van der Waals surface area contributed by atoms with Crippen LogP contribution in [0.25, 0.3) is 6.08 Å². The molecule has 0 spiro atoms. The first kappa shape index (κ1) is 15.4. The van der Waals surface area contributed by atoms with Crippen molar-refractivity contribution in [1.29, 1.82) is 0 Å². The second kappa shape index (κ2) is 6.17. The molecule has 3 heteroatoms. The first-order chi connectivity index (χ1) is 9.89. The van der Waals surface area contributed by atoms with Gasteiger partial charge in [-0.25, -0.2) is 0 Å². The fourth-order valence-corrected chi connectivity index (χ4v) is 2.61. The van der Waals surface area contributed by atoms with Crippen LogP contribution in [-0.4, -0.2) is 17.5 Å². The number of hydrogen-bond donors (Lipinski definition) is 1. The number of carbonyl (C=O) groups excluding carboxylic acids is 1. The normalized spacial score (nSPS) is 17.9. The Morgan fingerprint density at radius 2 is 2.05 bits per heavy atom. The van der Waals surface area contributed by atoms with Crippen LogP contribution in [0, 0.1) is 5.41 Å². The number of phenols is 1. The summed E-state index contributed by atoms with van der Waals surface area (Å²) in [4.78, 5) is 11.7. The third kappa shape index (κ3) is 4.22. The van der Waals surface area contributed by atoms with Crippen molar-refractivity contribution in [3.63, 3.8) is 0 Å². The second-order valence-corrected chi connectivity index (χ2v) is 6.20. The molecule has 2 rings (SSSR count). The van der Waals surface area contributed by atoms with Crippen molar-refractivity contribution in [2.75, 3.05) is 6.61 Å². The molecule has 21 heavy (non-hydrogen) atoms. The summed E-state index contributed by atoms with van der Waals surface area (Å²) in [6.45, 7) is 6.61. The van der Waals surface area contributed by atoms with Crippen molar-refractivity contribution in [3.8, 4) is 11.5 Å². The van der Waals surface area contributed by atoms with Crippen LogP contribution in [0.2, 0.25) is 0 Å². The van der Waals surface area contributed by atoms with Crippen LogP contribution in [0.1, 0.15) is 39.2 Å². The van der Waals surface area contributed by atoms with Gasteiger partial charge in [0.2, 0.25) is 0 Å². The van der Waals surface area contributed by atoms with Crippen LogP contribution in [0.3, 0.4) is 0 Å². The van der Waals surface area contributed by atoms with E-state index in [-0.39, 0.29) is 16.9 Å². The molecule has 1 aliphatic rings. The average Bonchev–Trinajstić information content (AvgIpc) is 2.37. The zero-order valence-electron chi connectivity index (χ0n) is 12.8. The van der Waals surface area contributed by atoms with Gasteiger partial charge in [-0.15, -0.1) is 0 Å². The van der Waals surface area contributed by atoms with Gasteiger partial charge in [-0.2, -0.15) is 0 Å². The second-order valence-electron chi connectivity index (χ2n) is 6.20. The van der Waals surface area contributed by atoms with E-state index in [0.29, 0.717) is 18.8 Å². The van der Waals surface area contributed by atoms with Crippen LogP contribution in [0.15, 0.2) is 35.9 Å². The summed E-state index contributed by atoms with van der Waals surface area (Å²) in [5, 5.41) is 9.68. The number of allylic oxidation sites excluding steroid dienone is 3. The highest BCUT2D eigenvalue weighted by atomic mass is 16.5. The Labute approximate surface area is 125 Å². The first-order valence-electron chi connectivity index (χ1n) is 7.27. The van der Waals surface area contributed by atoms with Crippen LogP contribution in [0.4, 0.5) is 0 Å². The SMILES string of the molecule is CCOc1cc(/C=C\C2=CC(=O)CC(C)(C)C2)ccc1O. The monoisotopic (exact) mass is 286 g/mol. The van der Waals surface area contributed by atoms with Gasteiger partial charge in [0.05, 0.1) is 6.61 Å². The van der Waals surface area contributed by atoms with Gasteiger partial charge in [0, 0.05) is 6.42 Å². The third-order valence-corrected chi connectivity index (χ3v) is 3.46. The van der Waals surface area contributed by atoms with Gasteiger partial charge in [0.1, 0.15) is 0 Å². The Balaban J connectivity index is 2.18. The van der Waals surface area contributed by atoms with Gasteiger partial charge < -0.3 is 9.84 Å². The molecule has 1 aromatic rings. The zero-order valence-corrected chi connectivity index (χ0v) is 12.8. The van der Waals surface area contributed by atoms with Crippen LogP contribution in [0.5, 0.6) is 11.5 Å². The number of ketones is 1. The van der Waals surface area contributed by atoms with Crippen molar-refractivity contribution in [3.05, 3.63) is 41.5 Å². The Bertz CT molecular complexity index is 594. The number of carbonyl (C=O) groups is 1. The third-order valence-electron chi connectivity index (χ3n) is 3.46. The van der Waals surface area contributed by atoms with E-state index in [1.54, 1.807) is 18.2 Å². The average molecular weight is 286 g/mol. The van der Waals surface area contributed by atoms with Gasteiger partial charge in [-0.05, 0) is 48.1 Å². The zero-order chi connectivity index (χ0) is 15.5. The molecule has 1 N–H and O–H groups in total. The molecule has 0 atom stereocenters. The summed E-state index contributed by atoms with van der Waals surface area (Å²) < 4.78 is 5.37. The van der Waals surface area contributed by atoms with E-state index in [1.165, 1.54) is 0 Å². The Morgan fingerprint density at radius 3 is 2.71 bits per heavy atom. The quantitative estimate of drug-likeness (QED) is 0.905. The lowest BCUT2D eigenvalue weighted by Gasteiger charge is -2.27. The van der Waals surface area contributed by atoms with Crippen LogP contribution < -0.4 is 4.74 Å². The number of rotatable bonds is 4. The molecule has 0 unspecified atom stereocenters. The van der Waals surface area contributed by atoms with Crippen molar-refractivity contribution < 1.29 is 14.6 Å². The summed E-state index contributed by atoms with van der Waals surface area (Å²) in [6, 6.07) is 5.24. The van der Waals surface area contributed by atoms with E-state index in [4.69, 9.17) is 4.74 Å². The fourth-order valence-electron chi connectivity index (χ4n) is 2.61. The first-order valence-corrected chi connectivity index (χ1v) is 7.27. The molecule has 0 fully saturated rings. The lowest BCUT2D eigenvalue weighted by molar-refractivity contribution is -0.116. The van der Waals surface area contributed by atoms with E-state index < -0.39 is 0 Å². The summed E-state index contributed by atoms with van der Waals surface area (Å²) in [6.07, 6.45) is 7.15. The smallest absolute Gasteiger partial charge is 0.161 e. The van der Waals surface area contributed by atoms with Crippen molar-refractivity contribution in [1.82, 2.24) is 0 Å². The minimum Gasteiger partial charge on any atom is -0.504 e. The highest BCUT2D eigenvalue weighted by Gasteiger charge is 2.26. The van der Waals surface area contributed by atoms with E-state index in [9.17, 15) is 9.90 Å². The maximum atomic E-state index is 11.7. The molecule has 0 aliphatic heterocycles. The summed E-state index contributed by atoms with van der Waals surface area (Å²) >= 11 is 0.